The molecule has 0 saturated carbocycles. The fourth-order valence-electron chi connectivity index (χ4n) is 4.48. The summed E-state index contributed by atoms with van der Waals surface area (Å²) in [7, 11) is -0.866. The van der Waals surface area contributed by atoms with Crippen LogP contribution < -0.4 is 5.32 Å². The molecule has 2 atom stereocenters. The lowest BCUT2D eigenvalue weighted by atomic mass is 10.0. The molecule has 3 rings (SSSR count). The summed E-state index contributed by atoms with van der Waals surface area (Å²) in [6.07, 6.45) is -0.794. The normalized spacial score (nSPS) is 13.5. The molecule has 3 aromatic rings. The third kappa shape index (κ3) is 10.3. The zero-order chi connectivity index (χ0) is 33.6. The number of benzene rings is 3. The van der Waals surface area contributed by atoms with Gasteiger partial charge >= 0.3 is 12.1 Å². The van der Waals surface area contributed by atoms with Crippen LogP contribution in [0.25, 0.3) is 11.1 Å². The first kappa shape index (κ1) is 36.1. The van der Waals surface area contributed by atoms with Crippen LogP contribution in [0.15, 0.2) is 72.8 Å². The van der Waals surface area contributed by atoms with Crippen molar-refractivity contribution in [1.29, 1.82) is 0 Å². The summed E-state index contributed by atoms with van der Waals surface area (Å²) in [6.45, 7) is 19.4. The molecule has 3 aromatic carbocycles. The number of carbonyl (C=O) groups is 2. The number of hydrogen-bond donors (Lipinski definition) is 1. The van der Waals surface area contributed by atoms with Gasteiger partial charge in [0.1, 0.15) is 5.60 Å². The monoisotopic (exact) mass is 652 g/mol. The zero-order valence-corrected chi connectivity index (χ0v) is 30.1. The van der Waals surface area contributed by atoms with Gasteiger partial charge in [0.15, 0.2) is 8.32 Å². The van der Waals surface area contributed by atoms with Gasteiger partial charge in [0.2, 0.25) is 0 Å². The smallest absolute Gasteiger partial charge is 0.410 e. The summed E-state index contributed by atoms with van der Waals surface area (Å²) in [5.41, 5.74) is 3.64. The highest BCUT2D eigenvalue weighted by atomic mass is 35.5. The van der Waals surface area contributed by atoms with Crippen molar-refractivity contribution in [2.75, 3.05) is 25.5 Å². The van der Waals surface area contributed by atoms with E-state index in [0.717, 1.165) is 22.4 Å². The van der Waals surface area contributed by atoms with Crippen LogP contribution in [0.1, 0.15) is 70.5 Å². The third-order valence-corrected chi connectivity index (χ3v) is 12.8. The molecule has 9 heteroatoms. The molecule has 7 nitrogen and oxygen atoms in total. The fourth-order valence-corrected chi connectivity index (χ4v) is 5.96. The summed E-state index contributed by atoms with van der Waals surface area (Å²) >= 11 is 6.42. The lowest BCUT2D eigenvalue weighted by Crippen LogP contribution is -2.49. The minimum Gasteiger partial charge on any atom is -0.465 e. The molecule has 0 bridgehead atoms. The number of anilines is 1. The van der Waals surface area contributed by atoms with Crippen molar-refractivity contribution in [1.82, 2.24) is 4.90 Å². The second-order valence-corrected chi connectivity index (χ2v) is 19.1. The first-order chi connectivity index (χ1) is 20.9. The standard InChI is InChI=1S/C36H49ClN2O5Si/c1-25(23-38-31-16-12-13-28(22-31)26-17-19-27(20-18-26)33(40)42-8)39(34(41)43-35(2,3)4)24-32(29-14-11-15-30(37)21-29)44-45(9,10)36(5,6)7/h11-22,25,32,38H,23-24H2,1-10H3. The van der Waals surface area contributed by atoms with E-state index in [1.54, 1.807) is 17.0 Å². The summed E-state index contributed by atoms with van der Waals surface area (Å²) < 4.78 is 17.7. The van der Waals surface area contributed by atoms with E-state index >= 15 is 0 Å². The molecule has 0 saturated heterocycles. The largest absolute Gasteiger partial charge is 0.465 e. The van der Waals surface area contributed by atoms with E-state index in [1.807, 2.05) is 88.4 Å². The Labute approximate surface area is 275 Å². The number of esters is 1. The average Bonchev–Trinajstić information content (AvgIpc) is 2.96. The van der Waals surface area contributed by atoms with Crippen molar-refractivity contribution in [3.05, 3.63) is 88.9 Å². The van der Waals surface area contributed by atoms with Crippen LogP contribution in [0.5, 0.6) is 0 Å². The topological polar surface area (TPSA) is 77.1 Å². The summed E-state index contributed by atoms with van der Waals surface area (Å²) in [5.74, 6) is -0.368. The van der Waals surface area contributed by atoms with Crippen LogP contribution in [0.2, 0.25) is 23.2 Å². The highest BCUT2D eigenvalue weighted by molar-refractivity contribution is 6.74. The van der Waals surface area contributed by atoms with Gasteiger partial charge in [-0.25, -0.2) is 9.59 Å². The van der Waals surface area contributed by atoms with E-state index in [1.165, 1.54) is 7.11 Å². The Hall–Kier alpha value is -3.33. The number of methoxy groups -OCH3 is 1. The molecule has 45 heavy (non-hydrogen) atoms. The Morgan fingerprint density at radius 3 is 2.13 bits per heavy atom. The molecule has 0 aliphatic heterocycles. The van der Waals surface area contributed by atoms with Gasteiger partial charge in [-0.15, -0.1) is 0 Å². The molecular formula is C36H49ClN2O5Si. The molecule has 0 heterocycles. The minimum absolute atomic E-state index is 0.0294. The quantitative estimate of drug-likeness (QED) is 0.164. The molecule has 0 aliphatic carbocycles. The maximum atomic E-state index is 13.7. The first-order valence-electron chi connectivity index (χ1n) is 15.4. The molecule has 1 N–H and O–H groups in total. The van der Waals surface area contributed by atoms with Crippen LogP contribution in [0.4, 0.5) is 10.5 Å². The second-order valence-electron chi connectivity index (χ2n) is 13.9. The van der Waals surface area contributed by atoms with Gasteiger partial charge in [-0.1, -0.05) is 68.8 Å². The zero-order valence-electron chi connectivity index (χ0n) is 28.4. The van der Waals surface area contributed by atoms with E-state index in [0.29, 0.717) is 23.7 Å². The molecule has 244 valence electrons. The van der Waals surface area contributed by atoms with Crippen molar-refractivity contribution in [3.63, 3.8) is 0 Å². The van der Waals surface area contributed by atoms with E-state index in [2.05, 4.69) is 39.2 Å². The molecule has 2 unspecified atom stereocenters. The number of carbonyl (C=O) groups excluding carboxylic acids is 2. The lowest BCUT2D eigenvalue weighted by Gasteiger charge is -2.41. The van der Waals surface area contributed by atoms with Gasteiger partial charge < -0.3 is 24.1 Å². The number of ether oxygens (including phenoxy) is 2. The van der Waals surface area contributed by atoms with E-state index in [4.69, 9.17) is 25.5 Å². The Morgan fingerprint density at radius 1 is 0.911 bits per heavy atom. The lowest BCUT2D eigenvalue weighted by molar-refractivity contribution is 0.00798. The van der Waals surface area contributed by atoms with Gasteiger partial charge in [-0.3, -0.25) is 0 Å². The molecule has 1 amide bonds. The summed E-state index contributed by atoms with van der Waals surface area (Å²) in [5, 5.41) is 4.10. The summed E-state index contributed by atoms with van der Waals surface area (Å²) in [4.78, 5) is 27.3. The number of rotatable bonds is 11. The average molecular weight is 653 g/mol. The van der Waals surface area contributed by atoms with Gasteiger partial charge in [0.05, 0.1) is 25.3 Å². The van der Waals surface area contributed by atoms with Crippen LogP contribution in [-0.2, 0) is 13.9 Å². The molecule has 0 aromatic heterocycles. The Bertz CT molecular complexity index is 1450. The third-order valence-electron chi connectivity index (χ3n) is 8.09. The molecule has 0 spiro atoms. The highest BCUT2D eigenvalue weighted by Gasteiger charge is 2.41. The predicted molar refractivity (Wildman–Crippen MR) is 187 cm³/mol. The number of hydrogen-bond acceptors (Lipinski definition) is 6. The Morgan fingerprint density at radius 2 is 1.56 bits per heavy atom. The Balaban J connectivity index is 1.87. The first-order valence-corrected chi connectivity index (χ1v) is 18.6. The van der Waals surface area contributed by atoms with Gasteiger partial charge in [0.25, 0.3) is 0 Å². The molecular weight excluding hydrogens is 604 g/mol. The van der Waals surface area contributed by atoms with Crippen LogP contribution in [-0.4, -0.2) is 57.1 Å². The van der Waals surface area contributed by atoms with Crippen molar-refractivity contribution in [2.24, 2.45) is 0 Å². The predicted octanol–water partition coefficient (Wildman–Crippen LogP) is 9.59. The van der Waals surface area contributed by atoms with Crippen molar-refractivity contribution < 1.29 is 23.5 Å². The minimum atomic E-state index is -2.24. The Kier molecular flexibility index (Phi) is 11.9. The molecule has 0 fully saturated rings. The van der Waals surface area contributed by atoms with Crippen molar-refractivity contribution >= 4 is 37.7 Å². The summed E-state index contributed by atoms with van der Waals surface area (Å²) in [6, 6.07) is 22.8. The fraction of sp³-hybridized carbons (Fsp3) is 0.444. The van der Waals surface area contributed by atoms with Crippen molar-refractivity contribution in [2.45, 2.75) is 84.3 Å². The van der Waals surface area contributed by atoms with Crippen LogP contribution in [0, 0.1) is 0 Å². The van der Waals surface area contributed by atoms with Crippen molar-refractivity contribution in [3.8, 4) is 11.1 Å². The van der Waals surface area contributed by atoms with Gasteiger partial charge in [-0.2, -0.15) is 0 Å². The van der Waals surface area contributed by atoms with Crippen LogP contribution >= 0.6 is 11.6 Å². The SMILES string of the molecule is COC(=O)c1ccc(-c2cccc(NCC(C)N(CC(O[Si](C)(C)C(C)(C)C)c3cccc(Cl)c3)C(=O)OC(C)(C)C)c2)cc1. The maximum absolute atomic E-state index is 13.7. The van der Waals surface area contributed by atoms with E-state index < -0.39 is 26.1 Å². The van der Waals surface area contributed by atoms with E-state index in [9.17, 15) is 9.59 Å². The molecule has 0 aliphatic rings. The maximum Gasteiger partial charge on any atom is 0.410 e. The van der Waals surface area contributed by atoms with E-state index in [-0.39, 0.29) is 17.0 Å². The number of amides is 1. The van der Waals surface area contributed by atoms with Crippen LogP contribution in [0.3, 0.4) is 0 Å². The van der Waals surface area contributed by atoms with Gasteiger partial charge in [-0.05, 0) is 98.9 Å². The number of halogens is 1. The highest BCUT2D eigenvalue weighted by Crippen LogP contribution is 2.40. The molecule has 0 radical (unpaired) electrons. The second kappa shape index (κ2) is 14.8. The van der Waals surface area contributed by atoms with Gasteiger partial charge in [0, 0.05) is 23.3 Å². The number of nitrogens with zero attached hydrogens (tertiary/aromatic N) is 1. The number of nitrogens with one attached hydrogen (secondary N) is 1.